The van der Waals surface area contributed by atoms with Crippen LogP contribution in [0.2, 0.25) is 0 Å². The van der Waals surface area contributed by atoms with Crippen LogP contribution < -0.4 is 4.74 Å². The van der Waals surface area contributed by atoms with E-state index < -0.39 is 12.0 Å². The lowest BCUT2D eigenvalue weighted by atomic mass is 10.1. The standard InChI is InChI=1S/C15H20N2O4/c1-11(15(19)20)16-7-9-17(10-8-16)14(18)12-3-5-13(21-2)6-4-12/h3-6,11H,7-10H2,1-2H3,(H,19,20)/t11-/m0/s1. The molecule has 1 heterocycles. The van der Waals surface area contributed by atoms with Crippen LogP contribution in [-0.2, 0) is 4.79 Å². The molecule has 2 rings (SSSR count). The fourth-order valence-corrected chi connectivity index (χ4v) is 2.38. The number of carbonyl (C=O) groups excluding carboxylic acids is 1. The maximum Gasteiger partial charge on any atom is 0.320 e. The second kappa shape index (κ2) is 6.58. The van der Waals surface area contributed by atoms with E-state index in [1.165, 1.54) is 0 Å². The van der Waals surface area contributed by atoms with Gasteiger partial charge in [0, 0.05) is 31.7 Å². The summed E-state index contributed by atoms with van der Waals surface area (Å²) in [7, 11) is 1.58. The molecule has 1 amide bonds. The lowest BCUT2D eigenvalue weighted by Gasteiger charge is -2.36. The quantitative estimate of drug-likeness (QED) is 0.894. The van der Waals surface area contributed by atoms with Gasteiger partial charge in [-0.3, -0.25) is 14.5 Å². The van der Waals surface area contributed by atoms with E-state index in [0.717, 1.165) is 0 Å². The summed E-state index contributed by atoms with van der Waals surface area (Å²) in [6.07, 6.45) is 0. The molecule has 1 aromatic carbocycles. The summed E-state index contributed by atoms with van der Waals surface area (Å²) in [5, 5.41) is 9.00. The minimum absolute atomic E-state index is 0.0275. The molecule has 0 bridgehead atoms. The Labute approximate surface area is 123 Å². The molecular formula is C15H20N2O4. The van der Waals surface area contributed by atoms with Crippen molar-refractivity contribution in [1.29, 1.82) is 0 Å². The summed E-state index contributed by atoms with van der Waals surface area (Å²) in [5.41, 5.74) is 0.621. The first kappa shape index (κ1) is 15.3. The maximum atomic E-state index is 12.4. The number of carbonyl (C=O) groups is 2. The topological polar surface area (TPSA) is 70.1 Å². The van der Waals surface area contributed by atoms with Crippen molar-refractivity contribution < 1.29 is 19.4 Å². The van der Waals surface area contributed by atoms with Gasteiger partial charge in [0.2, 0.25) is 0 Å². The third-order valence-corrected chi connectivity index (χ3v) is 3.84. The van der Waals surface area contributed by atoms with Crippen molar-refractivity contribution in [3.8, 4) is 5.75 Å². The van der Waals surface area contributed by atoms with Crippen LogP contribution in [0.3, 0.4) is 0 Å². The molecule has 6 nitrogen and oxygen atoms in total. The first-order valence-corrected chi connectivity index (χ1v) is 6.93. The number of aliphatic carboxylic acids is 1. The lowest BCUT2D eigenvalue weighted by Crippen LogP contribution is -2.53. The van der Waals surface area contributed by atoms with Crippen molar-refractivity contribution >= 4 is 11.9 Å². The molecule has 1 aromatic rings. The predicted molar refractivity (Wildman–Crippen MR) is 77.6 cm³/mol. The van der Waals surface area contributed by atoms with E-state index in [2.05, 4.69) is 0 Å². The van der Waals surface area contributed by atoms with Gasteiger partial charge >= 0.3 is 5.97 Å². The zero-order valence-electron chi connectivity index (χ0n) is 12.3. The molecule has 0 radical (unpaired) electrons. The number of nitrogens with zero attached hydrogens (tertiary/aromatic N) is 2. The van der Waals surface area contributed by atoms with Crippen molar-refractivity contribution in [3.63, 3.8) is 0 Å². The Morgan fingerprint density at radius 3 is 2.19 bits per heavy atom. The molecule has 0 unspecified atom stereocenters. The largest absolute Gasteiger partial charge is 0.497 e. The zero-order valence-corrected chi connectivity index (χ0v) is 12.3. The summed E-state index contributed by atoms with van der Waals surface area (Å²) < 4.78 is 5.07. The van der Waals surface area contributed by atoms with Gasteiger partial charge in [-0.15, -0.1) is 0 Å². The Morgan fingerprint density at radius 1 is 1.14 bits per heavy atom. The van der Waals surface area contributed by atoms with Gasteiger partial charge in [-0.25, -0.2) is 0 Å². The van der Waals surface area contributed by atoms with E-state index in [-0.39, 0.29) is 5.91 Å². The van der Waals surface area contributed by atoms with Crippen molar-refractivity contribution in [2.75, 3.05) is 33.3 Å². The minimum Gasteiger partial charge on any atom is -0.497 e. The van der Waals surface area contributed by atoms with Gasteiger partial charge in [0.15, 0.2) is 0 Å². The number of piperazine rings is 1. The van der Waals surface area contributed by atoms with Crippen LogP contribution >= 0.6 is 0 Å². The highest BCUT2D eigenvalue weighted by Gasteiger charge is 2.27. The summed E-state index contributed by atoms with van der Waals surface area (Å²) >= 11 is 0. The number of carboxylic acid groups (broad SMARTS) is 1. The molecule has 1 saturated heterocycles. The van der Waals surface area contributed by atoms with Crippen LogP contribution in [-0.4, -0.2) is 66.1 Å². The third kappa shape index (κ3) is 3.52. The molecule has 0 aliphatic carbocycles. The summed E-state index contributed by atoms with van der Waals surface area (Å²) in [4.78, 5) is 27.0. The molecular weight excluding hydrogens is 272 g/mol. The third-order valence-electron chi connectivity index (χ3n) is 3.84. The van der Waals surface area contributed by atoms with Crippen LogP contribution in [0, 0.1) is 0 Å². The lowest BCUT2D eigenvalue weighted by molar-refractivity contribution is -0.143. The maximum absolute atomic E-state index is 12.4. The summed E-state index contributed by atoms with van der Waals surface area (Å²) in [6, 6.07) is 6.50. The van der Waals surface area contributed by atoms with Gasteiger partial charge in [0.1, 0.15) is 11.8 Å². The van der Waals surface area contributed by atoms with E-state index in [0.29, 0.717) is 37.5 Å². The molecule has 21 heavy (non-hydrogen) atoms. The summed E-state index contributed by atoms with van der Waals surface area (Å²) in [5.74, 6) is -0.142. The van der Waals surface area contributed by atoms with E-state index in [1.807, 2.05) is 4.90 Å². The van der Waals surface area contributed by atoms with Crippen molar-refractivity contribution in [3.05, 3.63) is 29.8 Å². The van der Waals surface area contributed by atoms with Gasteiger partial charge in [-0.2, -0.15) is 0 Å². The Balaban J connectivity index is 1.95. The van der Waals surface area contributed by atoms with Crippen LogP contribution in [0.4, 0.5) is 0 Å². The highest BCUT2D eigenvalue weighted by molar-refractivity contribution is 5.94. The van der Waals surface area contributed by atoms with E-state index in [4.69, 9.17) is 9.84 Å². The number of hydrogen-bond acceptors (Lipinski definition) is 4. The fourth-order valence-electron chi connectivity index (χ4n) is 2.38. The van der Waals surface area contributed by atoms with Crippen LogP contribution in [0.25, 0.3) is 0 Å². The first-order chi connectivity index (χ1) is 10.0. The normalized spacial score (nSPS) is 17.3. The average molecular weight is 292 g/mol. The van der Waals surface area contributed by atoms with Crippen molar-refractivity contribution in [1.82, 2.24) is 9.80 Å². The number of benzene rings is 1. The SMILES string of the molecule is COc1ccc(C(=O)N2CCN([C@@H](C)C(=O)O)CC2)cc1. The molecule has 1 aliphatic heterocycles. The van der Waals surface area contributed by atoms with Gasteiger partial charge in [-0.05, 0) is 31.2 Å². The molecule has 1 fully saturated rings. The Hall–Kier alpha value is -2.08. The van der Waals surface area contributed by atoms with Crippen LogP contribution in [0.15, 0.2) is 24.3 Å². The number of methoxy groups -OCH3 is 1. The monoisotopic (exact) mass is 292 g/mol. The molecule has 114 valence electrons. The zero-order chi connectivity index (χ0) is 15.4. The second-order valence-corrected chi connectivity index (χ2v) is 5.07. The number of hydrogen-bond donors (Lipinski definition) is 1. The highest BCUT2D eigenvalue weighted by atomic mass is 16.5. The van der Waals surface area contributed by atoms with E-state index >= 15 is 0 Å². The van der Waals surface area contributed by atoms with E-state index in [9.17, 15) is 9.59 Å². The number of amides is 1. The Morgan fingerprint density at radius 2 is 1.71 bits per heavy atom. The Bertz CT molecular complexity index is 507. The van der Waals surface area contributed by atoms with Gasteiger partial charge in [-0.1, -0.05) is 0 Å². The van der Waals surface area contributed by atoms with Crippen LogP contribution in [0.1, 0.15) is 17.3 Å². The van der Waals surface area contributed by atoms with E-state index in [1.54, 1.807) is 43.2 Å². The second-order valence-electron chi connectivity index (χ2n) is 5.07. The molecule has 0 spiro atoms. The molecule has 6 heteroatoms. The number of rotatable bonds is 4. The predicted octanol–water partition coefficient (Wildman–Crippen LogP) is 0.926. The fraction of sp³-hybridized carbons (Fsp3) is 0.467. The molecule has 1 atom stereocenters. The highest BCUT2D eigenvalue weighted by Crippen LogP contribution is 2.15. The van der Waals surface area contributed by atoms with Crippen molar-refractivity contribution in [2.45, 2.75) is 13.0 Å². The van der Waals surface area contributed by atoms with Gasteiger partial charge < -0.3 is 14.7 Å². The van der Waals surface area contributed by atoms with Crippen LogP contribution in [0.5, 0.6) is 5.75 Å². The summed E-state index contributed by atoms with van der Waals surface area (Å²) in [6.45, 7) is 3.92. The first-order valence-electron chi connectivity index (χ1n) is 6.93. The average Bonchev–Trinajstić information content (AvgIpc) is 2.53. The van der Waals surface area contributed by atoms with Crippen molar-refractivity contribution in [2.24, 2.45) is 0 Å². The number of carboxylic acids is 1. The smallest absolute Gasteiger partial charge is 0.320 e. The molecule has 1 N–H and O–H groups in total. The Kier molecular flexibility index (Phi) is 4.80. The number of ether oxygens (including phenoxy) is 1. The minimum atomic E-state index is -0.829. The molecule has 0 saturated carbocycles. The molecule has 1 aliphatic rings. The van der Waals surface area contributed by atoms with Gasteiger partial charge in [0.05, 0.1) is 7.11 Å². The van der Waals surface area contributed by atoms with Gasteiger partial charge in [0.25, 0.3) is 5.91 Å². The molecule has 0 aromatic heterocycles.